The lowest BCUT2D eigenvalue weighted by atomic mass is 9.90. The van der Waals surface area contributed by atoms with Crippen LogP contribution in [0.2, 0.25) is 0 Å². The molecule has 0 aliphatic carbocycles. The molecule has 2 aliphatic rings. The van der Waals surface area contributed by atoms with E-state index in [0.717, 1.165) is 12.1 Å². The average Bonchev–Trinajstić information content (AvgIpc) is 2.06. The first-order chi connectivity index (χ1) is 5.38. The zero-order valence-electron chi connectivity index (χ0n) is 7.60. The second-order valence-corrected chi connectivity index (χ2v) is 4.35. The first-order valence-corrected chi connectivity index (χ1v) is 5.23. The maximum Gasteiger partial charge on any atom is 0.0876 e. The van der Waals surface area contributed by atoms with Gasteiger partial charge in [-0.2, -0.15) is 0 Å². The zero-order valence-corrected chi connectivity index (χ0v) is 7.60. The van der Waals surface area contributed by atoms with Crippen LogP contribution in [0, 0.1) is 0 Å². The molecule has 3 atom stereocenters. The lowest BCUT2D eigenvalue weighted by molar-refractivity contribution is -0.958. The molecule has 1 nitrogen and oxygen atoms in total. The minimum absolute atomic E-state index is 0.967. The van der Waals surface area contributed by atoms with Gasteiger partial charge in [-0.3, -0.25) is 0 Å². The minimum Gasteiger partial charge on any atom is -0.330 e. The molecule has 0 saturated carbocycles. The Kier molecular flexibility index (Phi) is 2.17. The fraction of sp³-hybridized carbons (Fsp3) is 1.00. The van der Waals surface area contributed by atoms with Gasteiger partial charge in [0, 0.05) is 0 Å². The van der Waals surface area contributed by atoms with Crippen LogP contribution >= 0.6 is 0 Å². The number of quaternary nitrogens is 1. The summed E-state index contributed by atoms with van der Waals surface area (Å²) >= 11 is 0. The zero-order chi connectivity index (χ0) is 7.68. The normalized spacial score (nSPS) is 45.0. The molecule has 2 fully saturated rings. The molecule has 1 heteroatoms. The molecule has 2 rings (SSSR count). The molecule has 0 spiro atoms. The third kappa shape index (κ3) is 1.44. The van der Waals surface area contributed by atoms with Crippen molar-refractivity contribution in [2.24, 2.45) is 0 Å². The second-order valence-electron chi connectivity index (χ2n) is 4.35. The number of hydrogen-bond donors (Lipinski definition) is 1. The Bertz CT molecular complexity index is 131. The standard InChI is InChI=1S/C10H19N/c1-9-5-4-7-10-6-2-3-8-11(9)10/h9-10H,2-8H2,1H3/p+1. The Morgan fingerprint density at radius 1 is 1.00 bits per heavy atom. The highest BCUT2D eigenvalue weighted by Crippen LogP contribution is 2.15. The van der Waals surface area contributed by atoms with Gasteiger partial charge in [-0.25, -0.2) is 0 Å². The van der Waals surface area contributed by atoms with Gasteiger partial charge >= 0.3 is 0 Å². The molecule has 64 valence electrons. The van der Waals surface area contributed by atoms with Gasteiger partial charge in [-0.05, 0) is 45.4 Å². The van der Waals surface area contributed by atoms with Crippen LogP contribution in [0.25, 0.3) is 0 Å². The van der Waals surface area contributed by atoms with Crippen LogP contribution in [0.15, 0.2) is 0 Å². The van der Waals surface area contributed by atoms with E-state index in [9.17, 15) is 0 Å². The average molecular weight is 154 g/mol. The first kappa shape index (κ1) is 7.60. The van der Waals surface area contributed by atoms with Crippen molar-refractivity contribution in [3.63, 3.8) is 0 Å². The van der Waals surface area contributed by atoms with Crippen molar-refractivity contribution in [3.8, 4) is 0 Å². The summed E-state index contributed by atoms with van der Waals surface area (Å²) in [6.45, 7) is 3.90. The molecule has 0 aromatic rings. The fourth-order valence-corrected chi connectivity index (χ4v) is 2.94. The Hall–Kier alpha value is -0.0400. The van der Waals surface area contributed by atoms with Gasteiger partial charge in [0.05, 0.1) is 18.6 Å². The van der Waals surface area contributed by atoms with E-state index in [1.165, 1.54) is 45.1 Å². The van der Waals surface area contributed by atoms with Gasteiger partial charge in [0.2, 0.25) is 0 Å². The van der Waals surface area contributed by atoms with Crippen molar-refractivity contribution in [1.29, 1.82) is 0 Å². The smallest absolute Gasteiger partial charge is 0.0876 e. The molecule has 0 amide bonds. The molecule has 0 aromatic carbocycles. The van der Waals surface area contributed by atoms with Crippen molar-refractivity contribution in [2.75, 3.05) is 6.54 Å². The molecule has 0 aromatic heterocycles. The number of rotatable bonds is 0. The third-order valence-corrected chi connectivity index (χ3v) is 3.62. The summed E-state index contributed by atoms with van der Waals surface area (Å²) in [4.78, 5) is 1.93. The minimum atomic E-state index is 0.967. The van der Waals surface area contributed by atoms with E-state index in [1.807, 2.05) is 4.90 Å². The Morgan fingerprint density at radius 3 is 2.64 bits per heavy atom. The molecule has 1 N–H and O–H groups in total. The van der Waals surface area contributed by atoms with Crippen LogP contribution in [0.1, 0.15) is 45.4 Å². The summed E-state index contributed by atoms with van der Waals surface area (Å²) in [7, 11) is 0. The van der Waals surface area contributed by atoms with Gasteiger partial charge in [0.15, 0.2) is 0 Å². The molecule has 2 aliphatic heterocycles. The SMILES string of the molecule is CC1CCCC2CCCC[NH+]12. The highest BCUT2D eigenvalue weighted by Gasteiger charge is 2.32. The molecule has 3 unspecified atom stereocenters. The van der Waals surface area contributed by atoms with Crippen molar-refractivity contribution in [1.82, 2.24) is 0 Å². The van der Waals surface area contributed by atoms with Crippen LogP contribution in [0.3, 0.4) is 0 Å². The quantitative estimate of drug-likeness (QED) is 0.531. The van der Waals surface area contributed by atoms with E-state index in [0.29, 0.717) is 0 Å². The Morgan fingerprint density at radius 2 is 1.82 bits per heavy atom. The van der Waals surface area contributed by atoms with Crippen LogP contribution in [0.5, 0.6) is 0 Å². The fourth-order valence-electron chi connectivity index (χ4n) is 2.94. The number of fused-ring (bicyclic) bond motifs is 1. The van der Waals surface area contributed by atoms with Crippen molar-refractivity contribution in [3.05, 3.63) is 0 Å². The monoisotopic (exact) mass is 154 g/mol. The first-order valence-electron chi connectivity index (χ1n) is 5.23. The van der Waals surface area contributed by atoms with Gasteiger partial charge in [0.25, 0.3) is 0 Å². The van der Waals surface area contributed by atoms with Crippen molar-refractivity contribution >= 4 is 0 Å². The molecular weight excluding hydrogens is 134 g/mol. The predicted molar refractivity (Wildman–Crippen MR) is 46.8 cm³/mol. The molecular formula is C10H20N+. The van der Waals surface area contributed by atoms with Gasteiger partial charge < -0.3 is 4.90 Å². The molecule has 0 bridgehead atoms. The second kappa shape index (κ2) is 3.14. The lowest BCUT2D eigenvalue weighted by Gasteiger charge is -2.40. The summed E-state index contributed by atoms with van der Waals surface area (Å²) in [6.07, 6.45) is 8.98. The summed E-state index contributed by atoms with van der Waals surface area (Å²) in [5.41, 5.74) is 0. The lowest BCUT2D eigenvalue weighted by Crippen LogP contribution is -3.20. The highest BCUT2D eigenvalue weighted by atomic mass is 15.2. The van der Waals surface area contributed by atoms with E-state index >= 15 is 0 Å². The number of hydrogen-bond acceptors (Lipinski definition) is 0. The number of nitrogens with one attached hydrogen (secondary N) is 1. The third-order valence-electron chi connectivity index (χ3n) is 3.62. The summed E-state index contributed by atoms with van der Waals surface area (Å²) in [5.74, 6) is 0. The number of piperidine rings is 2. The Balaban J connectivity index is 1.99. The highest BCUT2D eigenvalue weighted by molar-refractivity contribution is 4.69. The van der Waals surface area contributed by atoms with Crippen LogP contribution in [-0.2, 0) is 0 Å². The molecule has 0 radical (unpaired) electrons. The largest absolute Gasteiger partial charge is 0.330 e. The Labute approximate surface area is 69.8 Å². The van der Waals surface area contributed by atoms with E-state index in [2.05, 4.69) is 6.92 Å². The van der Waals surface area contributed by atoms with Crippen molar-refractivity contribution < 1.29 is 4.90 Å². The summed E-state index contributed by atoms with van der Waals surface area (Å²) in [6, 6.07) is 2.02. The molecule has 2 saturated heterocycles. The van der Waals surface area contributed by atoms with Crippen LogP contribution < -0.4 is 4.90 Å². The maximum absolute atomic E-state index is 2.44. The van der Waals surface area contributed by atoms with Crippen molar-refractivity contribution in [2.45, 2.75) is 57.5 Å². The summed E-state index contributed by atoms with van der Waals surface area (Å²) in [5, 5.41) is 0. The molecule has 2 heterocycles. The van der Waals surface area contributed by atoms with Crippen LogP contribution in [0.4, 0.5) is 0 Å². The molecule has 11 heavy (non-hydrogen) atoms. The van der Waals surface area contributed by atoms with Gasteiger partial charge in [-0.15, -0.1) is 0 Å². The van der Waals surface area contributed by atoms with E-state index in [1.54, 1.807) is 0 Å². The van der Waals surface area contributed by atoms with Crippen LogP contribution in [-0.4, -0.2) is 18.6 Å². The van der Waals surface area contributed by atoms with E-state index in [-0.39, 0.29) is 0 Å². The topological polar surface area (TPSA) is 4.44 Å². The van der Waals surface area contributed by atoms with Gasteiger partial charge in [-0.1, -0.05) is 0 Å². The van der Waals surface area contributed by atoms with E-state index < -0.39 is 0 Å². The summed E-state index contributed by atoms with van der Waals surface area (Å²) < 4.78 is 0. The van der Waals surface area contributed by atoms with Gasteiger partial charge in [0.1, 0.15) is 0 Å². The predicted octanol–water partition coefficient (Wildman–Crippen LogP) is 0.996. The maximum atomic E-state index is 2.44. The van der Waals surface area contributed by atoms with E-state index in [4.69, 9.17) is 0 Å².